The Bertz CT molecular complexity index is 926. The number of benzene rings is 2. The number of carbonyl (C=O) groups excluding carboxylic acids is 2. The van der Waals surface area contributed by atoms with Crippen molar-refractivity contribution in [3.05, 3.63) is 65.7 Å². The van der Waals surface area contributed by atoms with Crippen LogP contribution in [0.1, 0.15) is 23.6 Å². The normalized spacial score (nSPS) is 26.6. The number of rotatable bonds is 3. The van der Waals surface area contributed by atoms with E-state index in [0.29, 0.717) is 32.7 Å². The first-order chi connectivity index (χ1) is 14.2. The second kappa shape index (κ2) is 7.28. The monoisotopic (exact) mass is 391 g/mol. The van der Waals surface area contributed by atoms with Gasteiger partial charge in [0.05, 0.1) is 25.8 Å². The zero-order valence-corrected chi connectivity index (χ0v) is 16.3. The highest BCUT2D eigenvalue weighted by molar-refractivity contribution is 6.07. The van der Waals surface area contributed by atoms with Gasteiger partial charge in [0.15, 0.2) is 0 Å². The molecule has 2 fully saturated rings. The summed E-state index contributed by atoms with van der Waals surface area (Å²) in [5.74, 6) is 0.0732. The minimum atomic E-state index is -0.737. The third-order valence-electron chi connectivity index (χ3n) is 6.48. The number of nitrogens with one attached hydrogen (secondary N) is 1. The van der Waals surface area contributed by atoms with Gasteiger partial charge in [0.1, 0.15) is 5.41 Å². The fraction of sp³-hybridized carbons (Fsp3) is 0.391. The Morgan fingerprint density at radius 3 is 2.55 bits per heavy atom. The first kappa shape index (κ1) is 18.3. The molecular weight excluding hydrogens is 366 g/mol. The SMILES string of the molecule is O=C(CN1CCOCC1)N1CCC2(C(=O)Nc3ccccc32)C1c1ccccc1. The minimum absolute atomic E-state index is 0.00535. The summed E-state index contributed by atoms with van der Waals surface area (Å²) in [5.41, 5.74) is 2.13. The average molecular weight is 391 g/mol. The molecule has 0 saturated carbocycles. The lowest BCUT2D eigenvalue weighted by Crippen LogP contribution is -2.47. The lowest BCUT2D eigenvalue weighted by molar-refractivity contribution is -0.135. The fourth-order valence-corrected chi connectivity index (χ4v) is 5.10. The van der Waals surface area contributed by atoms with E-state index >= 15 is 0 Å². The number of nitrogens with zero attached hydrogens (tertiary/aromatic N) is 2. The van der Waals surface area contributed by atoms with Crippen molar-refractivity contribution < 1.29 is 14.3 Å². The zero-order valence-electron chi connectivity index (χ0n) is 16.3. The molecule has 1 spiro atoms. The summed E-state index contributed by atoms with van der Waals surface area (Å²) in [6, 6.07) is 17.6. The molecule has 2 amide bonds. The van der Waals surface area contributed by atoms with Crippen LogP contribution in [0, 0.1) is 0 Å². The summed E-state index contributed by atoms with van der Waals surface area (Å²) in [6.45, 7) is 3.80. The molecule has 0 aromatic heterocycles. The van der Waals surface area contributed by atoms with Crippen molar-refractivity contribution in [2.24, 2.45) is 0 Å². The van der Waals surface area contributed by atoms with Crippen molar-refractivity contribution in [3.8, 4) is 0 Å². The first-order valence-electron chi connectivity index (χ1n) is 10.3. The van der Waals surface area contributed by atoms with Gasteiger partial charge < -0.3 is 15.0 Å². The second-order valence-corrected chi connectivity index (χ2v) is 8.01. The van der Waals surface area contributed by atoms with Crippen molar-refractivity contribution in [2.75, 3.05) is 44.7 Å². The van der Waals surface area contributed by atoms with Crippen LogP contribution in [0.2, 0.25) is 0 Å². The van der Waals surface area contributed by atoms with Gasteiger partial charge in [0.25, 0.3) is 0 Å². The second-order valence-electron chi connectivity index (χ2n) is 8.01. The number of carbonyl (C=O) groups is 2. The molecule has 6 nitrogen and oxygen atoms in total. The highest BCUT2D eigenvalue weighted by atomic mass is 16.5. The number of amides is 2. The van der Waals surface area contributed by atoms with Crippen molar-refractivity contribution in [2.45, 2.75) is 17.9 Å². The van der Waals surface area contributed by atoms with Crippen LogP contribution in [0.15, 0.2) is 54.6 Å². The van der Waals surface area contributed by atoms with E-state index in [4.69, 9.17) is 4.74 Å². The first-order valence-corrected chi connectivity index (χ1v) is 10.3. The quantitative estimate of drug-likeness (QED) is 0.871. The number of hydrogen-bond donors (Lipinski definition) is 1. The molecule has 3 aliphatic heterocycles. The third-order valence-corrected chi connectivity index (χ3v) is 6.48. The predicted octanol–water partition coefficient (Wildman–Crippen LogP) is 2.18. The number of anilines is 1. The summed E-state index contributed by atoms with van der Waals surface area (Å²) in [4.78, 5) is 30.8. The lowest BCUT2D eigenvalue weighted by atomic mass is 9.72. The summed E-state index contributed by atoms with van der Waals surface area (Å²) in [5, 5.41) is 3.07. The van der Waals surface area contributed by atoms with E-state index in [0.717, 1.165) is 29.9 Å². The highest BCUT2D eigenvalue weighted by Gasteiger charge is 2.59. The molecule has 2 aromatic carbocycles. The van der Waals surface area contributed by atoms with E-state index in [1.54, 1.807) is 0 Å². The molecule has 3 heterocycles. The van der Waals surface area contributed by atoms with Gasteiger partial charge in [-0.1, -0.05) is 48.5 Å². The molecule has 5 rings (SSSR count). The molecule has 3 aliphatic rings. The van der Waals surface area contributed by atoms with E-state index in [2.05, 4.69) is 10.2 Å². The number of hydrogen-bond acceptors (Lipinski definition) is 4. The Morgan fingerprint density at radius 1 is 1.03 bits per heavy atom. The maximum atomic E-state index is 13.4. The average Bonchev–Trinajstić information content (AvgIpc) is 3.29. The van der Waals surface area contributed by atoms with Gasteiger partial charge in [-0.15, -0.1) is 0 Å². The zero-order chi connectivity index (χ0) is 19.8. The predicted molar refractivity (Wildman–Crippen MR) is 110 cm³/mol. The molecule has 0 bridgehead atoms. The van der Waals surface area contributed by atoms with Gasteiger partial charge in [0, 0.05) is 25.3 Å². The number of para-hydroxylation sites is 1. The minimum Gasteiger partial charge on any atom is -0.379 e. The third kappa shape index (κ3) is 2.94. The van der Waals surface area contributed by atoms with E-state index in [1.165, 1.54) is 0 Å². The van der Waals surface area contributed by atoms with E-state index in [9.17, 15) is 9.59 Å². The van der Waals surface area contributed by atoms with Crippen molar-refractivity contribution in [3.63, 3.8) is 0 Å². The maximum Gasteiger partial charge on any atom is 0.237 e. The van der Waals surface area contributed by atoms with E-state index < -0.39 is 5.41 Å². The Labute approximate surface area is 170 Å². The smallest absolute Gasteiger partial charge is 0.237 e. The van der Waals surface area contributed by atoms with Crippen molar-refractivity contribution in [1.82, 2.24) is 9.80 Å². The van der Waals surface area contributed by atoms with Crippen LogP contribution in [0.25, 0.3) is 0 Å². The van der Waals surface area contributed by atoms with Gasteiger partial charge in [0.2, 0.25) is 11.8 Å². The molecule has 2 unspecified atom stereocenters. The molecule has 2 atom stereocenters. The molecule has 1 N–H and O–H groups in total. The number of likely N-dealkylation sites (tertiary alicyclic amines) is 1. The van der Waals surface area contributed by atoms with Crippen LogP contribution >= 0.6 is 0 Å². The molecule has 6 heteroatoms. The Kier molecular flexibility index (Phi) is 4.60. The maximum absolute atomic E-state index is 13.4. The molecular formula is C23H25N3O3. The molecule has 0 radical (unpaired) electrons. The van der Waals surface area contributed by atoms with Gasteiger partial charge in [-0.3, -0.25) is 14.5 Å². The summed E-state index contributed by atoms with van der Waals surface area (Å²) < 4.78 is 5.41. The van der Waals surface area contributed by atoms with E-state index in [1.807, 2.05) is 59.5 Å². The fourth-order valence-electron chi connectivity index (χ4n) is 5.10. The van der Waals surface area contributed by atoms with Crippen molar-refractivity contribution in [1.29, 1.82) is 0 Å². The molecule has 2 aromatic rings. The summed E-state index contributed by atoms with van der Waals surface area (Å²) in [6.07, 6.45) is 0.629. The molecule has 150 valence electrons. The van der Waals surface area contributed by atoms with Crippen LogP contribution in [0.4, 0.5) is 5.69 Å². The van der Waals surface area contributed by atoms with Gasteiger partial charge in [-0.05, 0) is 23.6 Å². The molecule has 0 aliphatic carbocycles. The van der Waals surface area contributed by atoms with Gasteiger partial charge in [-0.2, -0.15) is 0 Å². The van der Waals surface area contributed by atoms with E-state index in [-0.39, 0.29) is 17.9 Å². The Hall–Kier alpha value is -2.70. The Morgan fingerprint density at radius 2 is 1.76 bits per heavy atom. The summed E-state index contributed by atoms with van der Waals surface area (Å²) in [7, 11) is 0. The van der Waals surface area contributed by atoms with Crippen LogP contribution in [-0.4, -0.2) is 61.0 Å². The van der Waals surface area contributed by atoms with Crippen LogP contribution < -0.4 is 5.32 Å². The van der Waals surface area contributed by atoms with Crippen molar-refractivity contribution >= 4 is 17.5 Å². The molecule has 2 saturated heterocycles. The van der Waals surface area contributed by atoms with Crippen LogP contribution in [-0.2, 0) is 19.7 Å². The lowest BCUT2D eigenvalue weighted by Gasteiger charge is -2.36. The summed E-state index contributed by atoms with van der Waals surface area (Å²) >= 11 is 0. The largest absolute Gasteiger partial charge is 0.379 e. The number of fused-ring (bicyclic) bond motifs is 2. The van der Waals surface area contributed by atoms with Gasteiger partial charge >= 0.3 is 0 Å². The topological polar surface area (TPSA) is 61.9 Å². The number of morpholine rings is 1. The number of ether oxygens (including phenoxy) is 1. The molecule has 29 heavy (non-hydrogen) atoms. The van der Waals surface area contributed by atoms with Gasteiger partial charge in [-0.25, -0.2) is 0 Å². The standard InChI is InChI=1S/C23H25N3O3/c27-20(16-25-12-14-29-15-13-25)26-11-10-23(21(26)17-6-2-1-3-7-17)18-8-4-5-9-19(18)24-22(23)28/h1-9,21H,10-16H2,(H,24,28). The van der Waals surface area contributed by atoms with Crippen LogP contribution in [0.3, 0.4) is 0 Å². The van der Waals surface area contributed by atoms with Crippen LogP contribution in [0.5, 0.6) is 0 Å². The highest BCUT2D eigenvalue weighted by Crippen LogP contribution is 2.54. The Balaban J connectivity index is 1.54.